The SMILES string of the molecule is CCCCCCCCOCCOCCOCCOCCOCCOCCOCCCC. The van der Waals surface area contributed by atoms with Crippen LogP contribution in [0.2, 0.25) is 0 Å². The fourth-order valence-electron chi connectivity index (χ4n) is 2.65. The summed E-state index contributed by atoms with van der Waals surface area (Å²) in [7, 11) is 0. The highest BCUT2D eigenvalue weighted by molar-refractivity contribution is 4.43. The van der Waals surface area contributed by atoms with Gasteiger partial charge in [-0.2, -0.15) is 0 Å². The van der Waals surface area contributed by atoms with E-state index < -0.39 is 0 Å². The zero-order chi connectivity index (χ0) is 22.5. The molecule has 0 aromatic heterocycles. The monoisotopic (exact) mass is 450 g/mol. The van der Waals surface area contributed by atoms with Crippen LogP contribution in [0.1, 0.15) is 65.2 Å². The van der Waals surface area contributed by atoms with Crippen molar-refractivity contribution in [3.63, 3.8) is 0 Å². The van der Waals surface area contributed by atoms with Gasteiger partial charge in [-0.1, -0.05) is 52.4 Å². The first-order valence-corrected chi connectivity index (χ1v) is 12.5. The third-order valence-corrected chi connectivity index (χ3v) is 4.52. The molecule has 0 rings (SSSR count). The molecular weight excluding hydrogens is 400 g/mol. The molecule has 0 aliphatic heterocycles. The molecule has 0 spiro atoms. The molecule has 0 unspecified atom stereocenters. The Balaban J connectivity index is 2.98. The number of hydrogen-bond acceptors (Lipinski definition) is 7. The van der Waals surface area contributed by atoms with Gasteiger partial charge in [0.1, 0.15) is 0 Å². The Labute approximate surface area is 191 Å². The fraction of sp³-hybridized carbons (Fsp3) is 1.00. The maximum absolute atomic E-state index is 5.57. The normalized spacial score (nSPS) is 11.4. The summed E-state index contributed by atoms with van der Waals surface area (Å²) >= 11 is 0. The molecule has 0 N–H and O–H groups in total. The first-order valence-electron chi connectivity index (χ1n) is 12.5. The minimum atomic E-state index is 0.565. The Kier molecular flexibility index (Phi) is 29.5. The van der Waals surface area contributed by atoms with Crippen molar-refractivity contribution in [2.45, 2.75) is 65.2 Å². The summed E-state index contributed by atoms with van der Waals surface area (Å²) in [5, 5.41) is 0. The summed E-state index contributed by atoms with van der Waals surface area (Å²) in [5.74, 6) is 0. The second-order valence-corrected chi connectivity index (χ2v) is 7.41. The Morgan fingerprint density at radius 3 is 0.871 bits per heavy atom. The van der Waals surface area contributed by atoms with Crippen LogP contribution in [0.5, 0.6) is 0 Å². The molecule has 0 heterocycles. The van der Waals surface area contributed by atoms with Crippen molar-refractivity contribution in [2.75, 3.05) is 92.5 Å². The standard InChI is InChI=1S/C24H50O7/c1-3-5-7-8-9-10-12-26-14-16-28-18-20-30-22-24-31-23-21-29-19-17-27-15-13-25-11-6-4-2/h3-24H2,1-2H3. The van der Waals surface area contributed by atoms with Gasteiger partial charge >= 0.3 is 0 Å². The summed E-state index contributed by atoms with van der Waals surface area (Å²) in [5.41, 5.74) is 0. The van der Waals surface area contributed by atoms with Crippen LogP contribution in [0.3, 0.4) is 0 Å². The zero-order valence-corrected chi connectivity index (χ0v) is 20.4. The van der Waals surface area contributed by atoms with E-state index in [-0.39, 0.29) is 0 Å². The maximum Gasteiger partial charge on any atom is 0.0701 e. The van der Waals surface area contributed by atoms with Crippen LogP contribution < -0.4 is 0 Å². The summed E-state index contributed by atoms with van der Waals surface area (Å²) in [6.45, 7) is 13.2. The lowest BCUT2D eigenvalue weighted by Gasteiger charge is -2.08. The molecule has 0 fully saturated rings. The smallest absolute Gasteiger partial charge is 0.0701 e. The lowest BCUT2D eigenvalue weighted by molar-refractivity contribution is -0.0206. The summed E-state index contributed by atoms with van der Waals surface area (Å²) < 4.78 is 38.3. The molecular formula is C24H50O7. The van der Waals surface area contributed by atoms with Gasteiger partial charge in [0, 0.05) is 13.2 Å². The molecule has 0 aromatic rings. The second-order valence-electron chi connectivity index (χ2n) is 7.41. The third-order valence-electron chi connectivity index (χ3n) is 4.52. The molecule has 0 bridgehead atoms. The minimum absolute atomic E-state index is 0.565. The van der Waals surface area contributed by atoms with E-state index in [0.29, 0.717) is 79.3 Å². The average Bonchev–Trinajstić information content (AvgIpc) is 2.78. The zero-order valence-electron chi connectivity index (χ0n) is 20.4. The second kappa shape index (κ2) is 29.7. The van der Waals surface area contributed by atoms with E-state index in [1.165, 1.54) is 32.1 Å². The van der Waals surface area contributed by atoms with Gasteiger partial charge in [-0.15, -0.1) is 0 Å². The predicted molar refractivity (Wildman–Crippen MR) is 124 cm³/mol. The van der Waals surface area contributed by atoms with Crippen molar-refractivity contribution in [1.29, 1.82) is 0 Å². The van der Waals surface area contributed by atoms with Crippen molar-refractivity contribution in [3.8, 4) is 0 Å². The molecule has 0 amide bonds. The summed E-state index contributed by atoms with van der Waals surface area (Å²) in [6.07, 6.45) is 10.0. The molecule has 7 heteroatoms. The molecule has 0 aliphatic carbocycles. The largest absolute Gasteiger partial charge is 0.379 e. The highest BCUT2D eigenvalue weighted by atomic mass is 16.6. The number of ether oxygens (including phenoxy) is 7. The maximum atomic E-state index is 5.57. The first kappa shape index (κ1) is 30.7. The summed E-state index contributed by atoms with van der Waals surface area (Å²) in [6, 6.07) is 0. The van der Waals surface area contributed by atoms with Gasteiger partial charge in [-0.05, 0) is 12.8 Å². The van der Waals surface area contributed by atoms with E-state index in [2.05, 4.69) is 13.8 Å². The van der Waals surface area contributed by atoms with Gasteiger partial charge in [-0.25, -0.2) is 0 Å². The van der Waals surface area contributed by atoms with Crippen molar-refractivity contribution in [3.05, 3.63) is 0 Å². The molecule has 0 saturated carbocycles. The molecule has 31 heavy (non-hydrogen) atoms. The van der Waals surface area contributed by atoms with Crippen LogP contribution in [0.4, 0.5) is 0 Å². The van der Waals surface area contributed by atoms with Crippen LogP contribution in [0.25, 0.3) is 0 Å². The van der Waals surface area contributed by atoms with Crippen molar-refractivity contribution >= 4 is 0 Å². The molecule has 0 aromatic carbocycles. The molecule has 188 valence electrons. The van der Waals surface area contributed by atoms with Crippen molar-refractivity contribution < 1.29 is 33.2 Å². The molecule has 7 nitrogen and oxygen atoms in total. The molecule has 0 aliphatic rings. The first-order chi connectivity index (χ1) is 15.4. The van der Waals surface area contributed by atoms with Gasteiger partial charge in [-0.3, -0.25) is 0 Å². The lowest BCUT2D eigenvalue weighted by Crippen LogP contribution is -2.14. The number of hydrogen-bond donors (Lipinski definition) is 0. The van der Waals surface area contributed by atoms with Crippen LogP contribution in [0.15, 0.2) is 0 Å². The predicted octanol–water partition coefficient (Wildman–Crippen LogP) is 4.26. The lowest BCUT2D eigenvalue weighted by atomic mass is 10.1. The van der Waals surface area contributed by atoms with Crippen LogP contribution in [0, 0.1) is 0 Å². The van der Waals surface area contributed by atoms with Crippen LogP contribution >= 0.6 is 0 Å². The van der Waals surface area contributed by atoms with Gasteiger partial charge in [0.15, 0.2) is 0 Å². The van der Waals surface area contributed by atoms with E-state index >= 15 is 0 Å². The van der Waals surface area contributed by atoms with Crippen molar-refractivity contribution in [2.24, 2.45) is 0 Å². The van der Waals surface area contributed by atoms with Crippen LogP contribution in [-0.2, 0) is 33.2 Å². The van der Waals surface area contributed by atoms with Gasteiger partial charge in [0.2, 0.25) is 0 Å². The summed E-state index contributed by atoms with van der Waals surface area (Å²) in [4.78, 5) is 0. The minimum Gasteiger partial charge on any atom is -0.379 e. The third kappa shape index (κ3) is 29.7. The van der Waals surface area contributed by atoms with Gasteiger partial charge < -0.3 is 33.2 Å². The Bertz CT molecular complexity index is 278. The van der Waals surface area contributed by atoms with E-state index in [1.54, 1.807) is 0 Å². The Morgan fingerprint density at radius 2 is 0.516 bits per heavy atom. The fourth-order valence-corrected chi connectivity index (χ4v) is 2.65. The van der Waals surface area contributed by atoms with Crippen molar-refractivity contribution in [1.82, 2.24) is 0 Å². The molecule has 0 saturated heterocycles. The van der Waals surface area contributed by atoms with Gasteiger partial charge in [0.05, 0.1) is 79.3 Å². The molecule has 0 atom stereocenters. The molecule has 0 radical (unpaired) electrons. The van der Waals surface area contributed by atoms with E-state index in [9.17, 15) is 0 Å². The van der Waals surface area contributed by atoms with E-state index in [1.807, 2.05) is 0 Å². The Hall–Kier alpha value is -0.280. The van der Waals surface area contributed by atoms with E-state index in [0.717, 1.165) is 32.5 Å². The highest BCUT2D eigenvalue weighted by Gasteiger charge is 1.95. The van der Waals surface area contributed by atoms with Crippen LogP contribution in [-0.4, -0.2) is 92.5 Å². The number of rotatable bonds is 28. The highest BCUT2D eigenvalue weighted by Crippen LogP contribution is 2.04. The quantitative estimate of drug-likeness (QED) is 0.165. The van der Waals surface area contributed by atoms with E-state index in [4.69, 9.17) is 33.2 Å². The average molecular weight is 451 g/mol. The topological polar surface area (TPSA) is 64.6 Å². The van der Waals surface area contributed by atoms with Gasteiger partial charge in [0.25, 0.3) is 0 Å². The number of unbranched alkanes of at least 4 members (excludes halogenated alkanes) is 6. The Morgan fingerprint density at radius 1 is 0.258 bits per heavy atom.